The van der Waals surface area contributed by atoms with Crippen molar-refractivity contribution in [2.45, 2.75) is 26.2 Å². The molecule has 1 aromatic rings. The number of hydrogen-bond acceptors (Lipinski definition) is 1. The van der Waals surface area contributed by atoms with Crippen molar-refractivity contribution in [1.82, 2.24) is 0 Å². The Kier molecular flexibility index (Phi) is 3.00. The third-order valence-electron chi connectivity index (χ3n) is 2.43. The van der Waals surface area contributed by atoms with E-state index >= 15 is 0 Å². The first-order valence-corrected chi connectivity index (χ1v) is 5.15. The summed E-state index contributed by atoms with van der Waals surface area (Å²) in [4.78, 5) is 11.0. The first-order valence-electron chi connectivity index (χ1n) is 4.35. The summed E-state index contributed by atoms with van der Waals surface area (Å²) in [5, 5.41) is 9.04. The van der Waals surface area contributed by atoms with Crippen LogP contribution in [-0.4, -0.2) is 11.1 Å². The highest BCUT2D eigenvalue weighted by molar-refractivity contribution is 9.10. The van der Waals surface area contributed by atoms with E-state index in [0.29, 0.717) is 0 Å². The van der Waals surface area contributed by atoms with Gasteiger partial charge in [0.15, 0.2) is 0 Å². The molecule has 0 atom stereocenters. The molecule has 14 heavy (non-hydrogen) atoms. The van der Waals surface area contributed by atoms with Crippen molar-refractivity contribution in [3.05, 3.63) is 33.8 Å². The molecular formula is C11H13BrO2. The van der Waals surface area contributed by atoms with Crippen molar-refractivity contribution in [2.24, 2.45) is 0 Å². The number of benzene rings is 1. The molecule has 0 heterocycles. The zero-order valence-electron chi connectivity index (χ0n) is 8.47. The fourth-order valence-electron chi connectivity index (χ4n) is 1.11. The molecule has 0 spiro atoms. The van der Waals surface area contributed by atoms with Crippen LogP contribution in [0, 0.1) is 6.92 Å². The summed E-state index contributed by atoms with van der Waals surface area (Å²) in [7, 11) is 0. The maximum absolute atomic E-state index is 11.0. The first-order chi connectivity index (χ1) is 6.35. The molecule has 0 aliphatic carbocycles. The number of aryl methyl sites for hydroxylation is 1. The smallest absolute Gasteiger partial charge is 0.313 e. The summed E-state index contributed by atoms with van der Waals surface area (Å²) in [5.74, 6) is -0.812. The third-order valence-corrected chi connectivity index (χ3v) is 3.28. The van der Waals surface area contributed by atoms with E-state index in [1.807, 2.05) is 25.1 Å². The van der Waals surface area contributed by atoms with E-state index in [0.717, 1.165) is 15.6 Å². The van der Waals surface area contributed by atoms with Gasteiger partial charge in [0.2, 0.25) is 0 Å². The molecule has 0 aliphatic rings. The highest BCUT2D eigenvalue weighted by atomic mass is 79.9. The molecule has 1 aromatic carbocycles. The largest absolute Gasteiger partial charge is 0.481 e. The van der Waals surface area contributed by atoms with Crippen molar-refractivity contribution >= 4 is 21.9 Å². The molecule has 3 heteroatoms. The minimum Gasteiger partial charge on any atom is -0.481 e. The lowest BCUT2D eigenvalue weighted by Crippen LogP contribution is -2.28. The Bertz CT molecular complexity index is 370. The number of carboxylic acids is 1. The second kappa shape index (κ2) is 3.73. The zero-order chi connectivity index (χ0) is 10.9. The van der Waals surface area contributed by atoms with Crippen LogP contribution in [0.3, 0.4) is 0 Å². The van der Waals surface area contributed by atoms with E-state index in [-0.39, 0.29) is 0 Å². The molecule has 2 nitrogen and oxygen atoms in total. The van der Waals surface area contributed by atoms with Crippen LogP contribution in [0.2, 0.25) is 0 Å². The summed E-state index contributed by atoms with van der Waals surface area (Å²) < 4.78 is 0.948. The van der Waals surface area contributed by atoms with Crippen LogP contribution in [0.5, 0.6) is 0 Å². The van der Waals surface area contributed by atoms with Crippen LogP contribution in [0.1, 0.15) is 25.0 Å². The van der Waals surface area contributed by atoms with Crippen LogP contribution < -0.4 is 0 Å². The Morgan fingerprint density at radius 2 is 2.00 bits per heavy atom. The van der Waals surface area contributed by atoms with Crippen molar-refractivity contribution in [2.75, 3.05) is 0 Å². The minimum absolute atomic E-state index is 0.808. The van der Waals surface area contributed by atoms with Gasteiger partial charge in [0.1, 0.15) is 0 Å². The van der Waals surface area contributed by atoms with Gasteiger partial charge >= 0.3 is 5.97 Å². The number of aliphatic carboxylic acids is 1. The maximum atomic E-state index is 11.0. The third kappa shape index (κ3) is 1.98. The second-order valence-electron chi connectivity index (χ2n) is 3.89. The summed E-state index contributed by atoms with van der Waals surface area (Å²) in [5.41, 5.74) is 1.08. The Labute approximate surface area is 92.1 Å². The second-order valence-corrected chi connectivity index (χ2v) is 4.75. The number of hydrogen-bond donors (Lipinski definition) is 1. The first kappa shape index (κ1) is 11.2. The lowest BCUT2D eigenvalue weighted by atomic mass is 9.84. The molecule has 0 aromatic heterocycles. The Balaban J connectivity index is 3.21. The van der Waals surface area contributed by atoms with Crippen LogP contribution in [0.15, 0.2) is 22.7 Å². The molecule has 0 amide bonds. The normalized spacial score (nSPS) is 11.4. The van der Waals surface area contributed by atoms with Gasteiger partial charge in [0.25, 0.3) is 0 Å². The van der Waals surface area contributed by atoms with Gasteiger partial charge in [-0.2, -0.15) is 0 Å². The predicted molar refractivity (Wildman–Crippen MR) is 59.5 cm³/mol. The zero-order valence-corrected chi connectivity index (χ0v) is 10.1. The molecule has 0 bridgehead atoms. The molecule has 1 rings (SSSR count). The molecule has 0 saturated carbocycles. The van der Waals surface area contributed by atoms with Crippen LogP contribution in [-0.2, 0) is 10.2 Å². The van der Waals surface area contributed by atoms with Gasteiger partial charge in [-0.05, 0) is 38.0 Å². The van der Waals surface area contributed by atoms with Gasteiger partial charge in [-0.3, -0.25) is 4.79 Å². The highest BCUT2D eigenvalue weighted by Gasteiger charge is 2.29. The molecule has 0 unspecified atom stereocenters. The Morgan fingerprint density at radius 1 is 1.43 bits per heavy atom. The monoisotopic (exact) mass is 256 g/mol. The molecule has 0 saturated heterocycles. The molecule has 0 aliphatic heterocycles. The fraction of sp³-hybridized carbons (Fsp3) is 0.364. The average molecular weight is 257 g/mol. The molecule has 1 N–H and O–H groups in total. The van der Waals surface area contributed by atoms with E-state index in [4.69, 9.17) is 5.11 Å². The number of halogens is 1. The molecule has 0 radical (unpaired) electrons. The summed E-state index contributed by atoms with van der Waals surface area (Å²) in [6, 6.07) is 5.64. The van der Waals surface area contributed by atoms with Gasteiger partial charge in [-0.25, -0.2) is 0 Å². The predicted octanol–water partition coefficient (Wildman–Crippen LogP) is 3.12. The van der Waals surface area contributed by atoms with Gasteiger partial charge in [-0.15, -0.1) is 0 Å². The van der Waals surface area contributed by atoms with E-state index < -0.39 is 11.4 Å². The quantitative estimate of drug-likeness (QED) is 0.883. The van der Waals surface area contributed by atoms with E-state index in [1.54, 1.807) is 13.8 Å². The van der Waals surface area contributed by atoms with Gasteiger partial charge < -0.3 is 5.11 Å². The highest BCUT2D eigenvalue weighted by Crippen LogP contribution is 2.27. The number of carboxylic acid groups (broad SMARTS) is 1. The topological polar surface area (TPSA) is 37.3 Å². The molecular weight excluding hydrogens is 244 g/mol. The summed E-state index contributed by atoms with van der Waals surface area (Å²) in [6.45, 7) is 5.38. The van der Waals surface area contributed by atoms with Crippen molar-refractivity contribution in [3.8, 4) is 0 Å². The van der Waals surface area contributed by atoms with Crippen LogP contribution >= 0.6 is 15.9 Å². The minimum atomic E-state index is -0.837. The van der Waals surface area contributed by atoms with Crippen molar-refractivity contribution in [1.29, 1.82) is 0 Å². The number of carbonyl (C=O) groups is 1. The van der Waals surface area contributed by atoms with E-state index in [9.17, 15) is 4.79 Å². The van der Waals surface area contributed by atoms with Crippen LogP contribution in [0.4, 0.5) is 0 Å². The lowest BCUT2D eigenvalue weighted by molar-refractivity contribution is -0.142. The standard InChI is InChI=1S/C11H13BrO2/c1-7-4-5-8(6-9(7)12)11(2,3)10(13)14/h4-6H,1-3H3,(H,13,14). The van der Waals surface area contributed by atoms with Crippen molar-refractivity contribution in [3.63, 3.8) is 0 Å². The Morgan fingerprint density at radius 3 is 2.43 bits per heavy atom. The fourth-order valence-corrected chi connectivity index (χ4v) is 1.48. The summed E-state index contributed by atoms with van der Waals surface area (Å²) >= 11 is 3.39. The Hall–Kier alpha value is -0.830. The average Bonchev–Trinajstić information content (AvgIpc) is 2.09. The SMILES string of the molecule is Cc1ccc(C(C)(C)C(=O)O)cc1Br. The van der Waals surface area contributed by atoms with Crippen molar-refractivity contribution < 1.29 is 9.90 Å². The summed E-state index contributed by atoms with van der Waals surface area (Å²) in [6.07, 6.45) is 0. The molecule has 76 valence electrons. The van der Waals surface area contributed by atoms with E-state index in [1.165, 1.54) is 0 Å². The maximum Gasteiger partial charge on any atom is 0.313 e. The lowest BCUT2D eigenvalue weighted by Gasteiger charge is -2.20. The number of rotatable bonds is 2. The van der Waals surface area contributed by atoms with E-state index in [2.05, 4.69) is 15.9 Å². The van der Waals surface area contributed by atoms with Gasteiger partial charge in [-0.1, -0.05) is 28.1 Å². The van der Waals surface area contributed by atoms with Gasteiger partial charge in [0, 0.05) is 4.47 Å². The van der Waals surface area contributed by atoms with Gasteiger partial charge in [0.05, 0.1) is 5.41 Å². The van der Waals surface area contributed by atoms with Crippen LogP contribution in [0.25, 0.3) is 0 Å². The molecule has 0 fully saturated rings.